The lowest BCUT2D eigenvalue weighted by atomic mass is 10.1. The summed E-state index contributed by atoms with van der Waals surface area (Å²) in [7, 11) is 0. The van der Waals surface area contributed by atoms with Gasteiger partial charge in [0.15, 0.2) is 0 Å². The topological polar surface area (TPSA) is 85.2 Å². The predicted octanol–water partition coefficient (Wildman–Crippen LogP) is 4.17. The van der Waals surface area contributed by atoms with E-state index in [1.165, 1.54) is 36.7 Å². The summed E-state index contributed by atoms with van der Waals surface area (Å²) in [6.07, 6.45) is 3.78. The van der Waals surface area contributed by atoms with E-state index in [2.05, 4.69) is 37.9 Å². The van der Waals surface area contributed by atoms with E-state index in [0.717, 1.165) is 24.5 Å². The third-order valence-electron chi connectivity index (χ3n) is 5.34. The highest BCUT2D eigenvalue weighted by Gasteiger charge is 2.21. The first-order valence-electron chi connectivity index (χ1n) is 11.0. The highest BCUT2D eigenvalue weighted by molar-refractivity contribution is 8.00. The number of hydrogen-bond donors (Lipinski definition) is 1. The number of benzene rings is 2. The number of tetrazole rings is 1. The molecule has 0 saturated carbocycles. The molecule has 2 heterocycles. The Bertz CT molecular complexity index is 1030. The molecule has 1 N–H and O–H groups in total. The van der Waals surface area contributed by atoms with Gasteiger partial charge in [0.2, 0.25) is 11.1 Å². The Labute approximate surface area is 192 Å². The van der Waals surface area contributed by atoms with Gasteiger partial charge >= 0.3 is 0 Å². The van der Waals surface area contributed by atoms with Crippen LogP contribution in [0.15, 0.2) is 53.7 Å². The number of carbonyl (C=O) groups is 1. The van der Waals surface area contributed by atoms with Gasteiger partial charge in [-0.2, -0.15) is 4.68 Å². The van der Waals surface area contributed by atoms with Crippen molar-refractivity contribution >= 4 is 29.0 Å². The molecule has 168 valence electrons. The number of anilines is 2. The van der Waals surface area contributed by atoms with E-state index in [1.807, 2.05) is 50.2 Å². The minimum absolute atomic E-state index is 0.103. The Balaban J connectivity index is 1.40. The highest BCUT2D eigenvalue weighted by atomic mass is 32.2. The van der Waals surface area contributed by atoms with Crippen molar-refractivity contribution in [3.63, 3.8) is 0 Å². The lowest BCUT2D eigenvalue weighted by Gasteiger charge is -2.28. The van der Waals surface area contributed by atoms with E-state index in [0.29, 0.717) is 17.5 Å². The normalized spacial score (nSPS) is 14.8. The molecule has 3 aromatic rings. The maximum atomic E-state index is 12.8. The first kappa shape index (κ1) is 22.1. The summed E-state index contributed by atoms with van der Waals surface area (Å²) < 4.78 is 7.30. The Hall–Kier alpha value is -3.07. The van der Waals surface area contributed by atoms with Crippen molar-refractivity contribution in [3.05, 3.63) is 48.5 Å². The third kappa shape index (κ3) is 5.21. The molecule has 1 unspecified atom stereocenters. The van der Waals surface area contributed by atoms with Gasteiger partial charge in [0.05, 0.1) is 11.9 Å². The zero-order chi connectivity index (χ0) is 22.3. The van der Waals surface area contributed by atoms with Crippen molar-refractivity contribution in [2.45, 2.75) is 43.5 Å². The van der Waals surface area contributed by atoms with Gasteiger partial charge in [-0.3, -0.25) is 4.79 Å². The minimum atomic E-state index is -0.388. The fraction of sp³-hybridized carbons (Fsp3) is 0.391. The summed E-state index contributed by atoms with van der Waals surface area (Å²) in [6.45, 7) is 6.51. The largest absolute Gasteiger partial charge is 0.492 e. The summed E-state index contributed by atoms with van der Waals surface area (Å²) in [5.41, 5.74) is 2.73. The molecule has 0 spiro atoms. The Morgan fingerprint density at radius 2 is 1.88 bits per heavy atom. The van der Waals surface area contributed by atoms with Gasteiger partial charge in [-0.15, -0.1) is 5.10 Å². The van der Waals surface area contributed by atoms with Crippen LogP contribution in [0.4, 0.5) is 11.4 Å². The van der Waals surface area contributed by atoms with Crippen LogP contribution in [0, 0.1) is 0 Å². The highest BCUT2D eigenvalue weighted by Crippen LogP contribution is 2.29. The molecule has 1 aromatic heterocycles. The van der Waals surface area contributed by atoms with Crippen LogP contribution in [-0.2, 0) is 4.79 Å². The second kappa shape index (κ2) is 10.5. The molecular weight excluding hydrogens is 424 g/mol. The molecule has 1 aliphatic rings. The molecule has 1 fully saturated rings. The van der Waals surface area contributed by atoms with E-state index in [-0.39, 0.29) is 11.2 Å². The quantitative estimate of drug-likeness (QED) is 0.514. The molecular formula is C23H28N6O2S. The SMILES string of the molecule is CCOc1ccccc1-n1nnnc1SC(C)C(=O)Nc1ccc(N2CCCCC2)cc1. The average molecular weight is 453 g/mol. The number of hydrogen-bond acceptors (Lipinski definition) is 7. The van der Waals surface area contributed by atoms with Gasteiger partial charge < -0.3 is 15.0 Å². The Kier molecular flexibility index (Phi) is 7.26. The fourth-order valence-corrected chi connectivity index (χ4v) is 4.48. The van der Waals surface area contributed by atoms with Crippen LogP contribution in [0.5, 0.6) is 5.75 Å². The summed E-state index contributed by atoms with van der Waals surface area (Å²) in [5, 5.41) is 15.1. The van der Waals surface area contributed by atoms with Crippen LogP contribution >= 0.6 is 11.8 Å². The average Bonchev–Trinajstić information content (AvgIpc) is 3.28. The number of amides is 1. The minimum Gasteiger partial charge on any atom is -0.492 e. The van der Waals surface area contributed by atoms with Crippen LogP contribution in [0.3, 0.4) is 0 Å². The van der Waals surface area contributed by atoms with Crippen LogP contribution in [0.25, 0.3) is 5.69 Å². The molecule has 8 nitrogen and oxygen atoms in total. The van der Waals surface area contributed by atoms with Crippen LogP contribution in [0.2, 0.25) is 0 Å². The molecule has 0 radical (unpaired) electrons. The summed E-state index contributed by atoms with van der Waals surface area (Å²) in [4.78, 5) is 15.2. The first-order chi connectivity index (χ1) is 15.7. The van der Waals surface area contributed by atoms with E-state index in [1.54, 1.807) is 4.68 Å². The van der Waals surface area contributed by atoms with E-state index < -0.39 is 0 Å². The van der Waals surface area contributed by atoms with Gasteiger partial charge in [0, 0.05) is 24.5 Å². The van der Waals surface area contributed by atoms with Gasteiger partial charge in [0.1, 0.15) is 11.4 Å². The van der Waals surface area contributed by atoms with Crippen LogP contribution in [-0.4, -0.2) is 51.1 Å². The molecule has 9 heteroatoms. The number of thioether (sulfide) groups is 1. The molecule has 2 aromatic carbocycles. The summed E-state index contributed by atoms with van der Waals surface area (Å²) in [5.74, 6) is 0.586. The number of nitrogens with one attached hydrogen (secondary N) is 1. The van der Waals surface area contributed by atoms with Gasteiger partial charge in [-0.05, 0) is 79.9 Å². The predicted molar refractivity (Wildman–Crippen MR) is 127 cm³/mol. The second-order valence-electron chi connectivity index (χ2n) is 7.62. The Morgan fingerprint density at radius 1 is 1.12 bits per heavy atom. The van der Waals surface area contributed by atoms with Crippen molar-refractivity contribution in [1.29, 1.82) is 0 Å². The molecule has 0 bridgehead atoms. The Morgan fingerprint density at radius 3 is 2.62 bits per heavy atom. The van der Waals surface area contributed by atoms with Crippen LogP contribution < -0.4 is 15.0 Å². The third-order valence-corrected chi connectivity index (χ3v) is 6.37. The number of ether oxygens (including phenoxy) is 1. The summed E-state index contributed by atoms with van der Waals surface area (Å²) >= 11 is 1.30. The first-order valence-corrected chi connectivity index (χ1v) is 11.9. The van der Waals surface area contributed by atoms with Crippen LogP contribution in [0.1, 0.15) is 33.1 Å². The number of nitrogens with zero attached hydrogens (tertiary/aromatic N) is 5. The lowest BCUT2D eigenvalue weighted by molar-refractivity contribution is -0.115. The molecule has 32 heavy (non-hydrogen) atoms. The lowest BCUT2D eigenvalue weighted by Crippen LogP contribution is -2.29. The number of piperidine rings is 1. The molecule has 1 atom stereocenters. The van der Waals surface area contributed by atoms with Crippen molar-refractivity contribution < 1.29 is 9.53 Å². The zero-order valence-corrected chi connectivity index (χ0v) is 19.2. The van der Waals surface area contributed by atoms with Gasteiger partial charge in [0.25, 0.3) is 0 Å². The smallest absolute Gasteiger partial charge is 0.237 e. The van der Waals surface area contributed by atoms with Crippen molar-refractivity contribution in [1.82, 2.24) is 20.2 Å². The fourth-order valence-electron chi connectivity index (χ4n) is 3.68. The number of carbonyl (C=O) groups excluding carboxylic acids is 1. The van der Waals surface area contributed by atoms with Gasteiger partial charge in [-0.1, -0.05) is 23.9 Å². The van der Waals surface area contributed by atoms with E-state index in [4.69, 9.17) is 4.74 Å². The van der Waals surface area contributed by atoms with Gasteiger partial charge in [-0.25, -0.2) is 0 Å². The van der Waals surface area contributed by atoms with Crippen molar-refractivity contribution in [2.75, 3.05) is 29.9 Å². The number of aromatic nitrogens is 4. The monoisotopic (exact) mass is 452 g/mol. The molecule has 1 saturated heterocycles. The van der Waals surface area contributed by atoms with Crippen molar-refractivity contribution in [2.24, 2.45) is 0 Å². The molecule has 4 rings (SSSR count). The van der Waals surface area contributed by atoms with E-state index >= 15 is 0 Å². The van der Waals surface area contributed by atoms with E-state index in [9.17, 15) is 4.79 Å². The molecule has 1 amide bonds. The zero-order valence-electron chi connectivity index (χ0n) is 18.4. The maximum absolute atomic E-state index is 12.8. The molecule has 1 aliphatic heterocycles. The molecule has 0 aliphatic carbocycles. The summed E-state index contributed by atoms with van der Waals surface area (Å²) in [6, 6.07) is 15.6. The number of para-hydroxylation sites is 2. The standard InChI is InChI=1S/C23H28N6O2S/c1-3-31-21-10-6-5-9-20(21)29-23(25-26-27-29)32-17(2)22(30)24-18-11-13-19(14-12-18)28-15-7-4-8-16-28/h5-6,9-14,17H,3-4,7-8,15-16H2,1-2H3,(H,24,30). The second-order valence-corrected chi connectivity index (χ2v) is 8.93. The number of rotatable bonds is 8. The maximum Gasteiger partial charge on any atom is 0.237 e. The van der Waals surface area contributed by atoms with Crippen molar-refractivity contribution in [3.8, 4) is 11.4 Å².